The summed E-state index contributed by atoms with van der Waals surface area (Å²) < 4.78 is 32.7. The Hall–Kier alpha value is -0.273. The SMILES string of the molecule is CC[Si](CC)(CC)OC(CNCC1CC(F)(F)C1)c1c(Cl)cncc1Cl. The van der Waals surface area contributed by atoms with Crippen LogP contribution in [0.15, 0.2) is 12.4 Å². The van der Waals surface area contributed by atoms with Crippen molar-refractivity contribution in [2.75, 3.05) is 13.1 Å². The fourth-order valence-corrected chi connectivity index (χ4v) is 6.99. The quantitative estimate of drug-likeness (QED) is 0.461. The molecular weight excluding hydrogens is 397 g/mol. The van der Waals surface area contributed by atoms with Gasteiger partial charge in [-0.3, -0.25) is 4.98 Å². The van der Waals surface area contributed by atoms with Crippen LogP contribution in [0.4, 0.5) is 8.78 Å². The Kier molecular flexibility index (Phi) is 7.86. The van der Waals surface area contributed by atoms with Crippen LogP contribution in [-0.4, -0.2) is 32.3 Å². The second kappa shape index (κ2) is 9.28. The zero-order chi connectivity index (χ0) is 19.4. The van der Waals surface area contributed by atoms with Gasteiger partial charge < -0.3 is 9.74 Å². The monoisotopic (exact) mass is 424 g/mol. The molecule has 0 amide bonds. The van der Waals surface area contributed by atoms with Crippen LogP contribution in [0.3, 0.4) is 0 Å². The maximum Gasteiger partial charge on any atom is 0.248 e. The van der Waals surface area contributed by atoms with Crippen molar-refractivity contribution >= 4 is 31.5 Å². The molecule has 3 nitrogen and oxygen atoms in total. The summed E-state index contributed by atoms with van der Waals surface area (Å²) in [4.78, 5) is 4.02. The van der Waals surface area contributed by atoms with Crippen molar-refractivity contribution in [3.05, 3.63) is 28.0 Å². The van der Waals surface area contributed by atoms with E-state index in [1.807, 2.05) is 0 Å². The number of nitrogens with one attached hydrogen (secondary N) is 1. The molecule has 0 aromatic carbocycles. The standard InChI is InChI=1S/C18H28Cl2F2N2OSi/c1-4-26(5-2,6-3)25-16(17-14(19)10-24-11-15(17)20)12-23-9-13-7-18(21,22)8-13/h10-11,13,16,23H,4-9,12H2,1-3H3. The number of aromatic nitrogens is 1. The molecule has 26 heavy (non-hydrogen) atoms. The molecular formula is C18H28Cl2F2N2OSi. The minimum atomic E-state index is -2.49. The third-order valence-electron chi connectivity index (χ3n) is 5.47. The number of rotatable bonds is 10. The van der Waals surface area contributed by atoms with E-state index in [-0.39, 0.29) is 24.9 Å². The molecule has 1 unspecified atom stereocenters. The van der Waals surface area contributed by atoms with Gasteiger partial charge in [0, 0.05) is 37.3 Å². The summed E-state index contributed by atoms with van der Waals surface area (Å²) in [5, 5.41) is 4.25. The van der Waals surface area contributed by atoms with Gasteiger partial charge >= 0.3 is 0 Å². The van der Waals surface area contributed by atoms with Crippen molar-refractivity contribution in [2.45, 2.75) is 63.8 Å². The Morgan fingerprint density at radius 2 is 1.73 bits per heavy atom. The zero-order valence-corrected chi connectivity index (χ0v) is 18.1. The highest BCUT2D eigenvalue weighted by Gasteiger charge is 2.44. The third-order valence-corrected chi connectivity index (χ3v) is 10.7. The van der Waals surface area contributed by atoms with Crippen molar-refractivity contribution in [3.63, 3.8) is 0 Å². The van der Waals surface area contributed by atoms with E-state index in [9.17, 15) is 8.78 Å². The maximum absolute atomic E-state index is 13.0. The molecule has 148 valence electrons. The van der Waals surface area contributed by atoms with Gasteiger partial charge in [-0.05, 0) is 30.6 Å². The largest absolute Gasteiger partial charge is 0.409 e. The minimum absolute atomic E-state index is 0.0135. The van der Waals surface area contributed by atoms with Crippen molar-refractivity contribution in [1.82, 2.24) is 10.3 Å². The minimum Gasteiger partial charge on any atom is -0.409 e. The molecule has 0 radical (unpaired) electrons. The highest BCUT2D eigenvalue weighted by Crippen LogP contribution is 2.42. The number of halogens is 4. The Morgan fingerprint density at radius 1 is 1.19 bits per heavy atom. The smallest absolute Gasteiger partial charge is 0.248 e. The summed E-state index contributed by atoms with van der Waals surface area (Å²) in [7, 11) is -1.90. The number of hydrogen-bond acceptors (Lipinski definition) is 3. The molecule has 1 heterocycles. The van der Waals surface area contributed by atoms with E-state index in [2.05, 4.69) is 31.1 Å². The summed E-state index contributed by atoms with van der Waals surface area (Å²) in [6.45, 7) is 7.54. The Labute approximate surface area is 165 Å². The van der Waals surface area contributed by atoms with E-state index in [1.165, 1.54) is 0 Å². The molecule has 0 saturated heterocycles. The topological polar surface area (TPSA) is 34.1 Å². The van der Waals surface area contributed by atoms with E-state index in [4.69, 9.17) is 27.6 Å². The molecule has 1 aliphatic rings. The van der Waals surface area contributed by atoms with Gasteiger partial charge in [0.2, 0.25) is 5.92 Å². The van der Waals surface area contributed by atoms with E-state index < -0.39 is 14.2 Å². The van der Waals surface area contributed by atoms with E-state index >= 15 is 0 Å². The van der Waals surface area contributed by atoms with Crippen LogP contribution in [-0.2, 0) is 4.43 Å². The molecule has 0 spiro atoms. The summed E-state index contributed by atoms with van der Waals surface area (Å²) in [5.41, 5.74) is 0.738. The van der Waals surface area contributed by atoms with Crippen molar-refractivity contribution < 1.29 is 13.2 Å². The van der Waals surface area contributed by atoms with Crippen LogP contribution in [0, 0.1) is 5.92 Å². The van der Waals surface area contributed by atoms with E-state index in [1.54, 1.807) is 12.4 Å². The van der Waals surface area contributed by atoms with Crippen molar-refractivity contribution in [2.24, 2.45) is 5.92 Å². The lowest BCUT2D eigenvalue weighted by atomic mass is 9.81. The van der Waals surface area contributed by atoms with Crippen LogP contribution in [0.1, 0.15) is 45.3 Å². The normalized spacial score (nSPS) is 18.6. The lowest BCUT2D eigenvalue weighted by Gasteiger charge is -2.37. The second-order valence-electron chi connectivity index (χ2n) is 7.16. The molecule has 2 rings (SSSR count). The molecule has 1 N–H and O–H groups in total. The van der Waals surface area contributed by atoms with Gasteiger partial charge in [-0.2, -0.15) is 0 Å². The first-order valence-electron chi connectivity index (χ1n) is 9.31. The van der Waals surface area contributed by atoms with Gasteiger partial charge in [-0.15, -0.1) is 0 Å². The molecule has 0 aliphatic heterocycles. The van der Waals surface area contributed by atoms with Gasteiger partial charge in [-0.25, -0.2) is 8.78 Å². The first-order valence-corrected chi connectivity index (χ1v) is 12.6. The van der Waals surface area contributed by atoms with Gasteiger partial charge in [0.25, 0.3) is 0 Å². The Balaban J connectivity index is 2.11. The molecule has 1 fully saturated rings. The third kappa shape index (κ3) is 5.38. The van der Waals surface area contributed by atoms with Crippen LogP contribution in [0.5, 0.6) is 0 Å². The predicted molar refractivity (Wildman–Crippen MR) is 106 cm³/mol. The highest BCUT2D eigenvalue weighted by molar-refractivity contribution is 6.73. The lowest BCUT2D eigenvalue weighted by molar-refractivity contribution is -0.109. The first-order chi connectivity index (χ1) is 12.3. The van der Waals surface area contributed by atoms with E-state index in [0.717, 1.165) is 23.7 Å². The van der Waals surface area contributed by atoms with Gasteiger partial charge in [0.1, 0.15) is 0 Å². The number of alkyl halides is 2. The van der Waals surface area contributed by atoms with Crippen molar-refractivity contribution in [3.8, 4) is 0 Å². The van der Waals surface area contributed by atoms with Crippen LogP contribution in [0.2, 0.25) is 28.2 Å². The Bertz CT molecular complexity index is 566. The average Bonchev–Trinajstić information content (AvgIpc) is 2.57. The summed E-state index contributed by atoms with van der Waals surface area (Å²) in [5.74, 6) is -2.48. The number of pyridine rings is 1. The zero-order valence-electron chi connectivity index (χ0n) is 15.6. The van der Waals surface area contributed by atoms with Crippen LogP contribution >= 0.6 is 23.2 Å². The fourth-order valence-electron chi connectivity index (χ4n) is 3.58. The number of hydrogen-bond donors (Lipinski definition) is 1. The predicted octanol–water partition coefficient (Wildman–Crippen LogP) is 6.09. The molecule has 1 saturated carbocycles. The average molecular weight is 425 g/mol. The first kappa shape index (κ1) is 22.0. The summed E-state index contributed by atoms with van der Waals surface area (Å²) in [6, 6.07) is 3.02. The van der Waals surface area contributed by atoms with Gasteiger partial charge in [0.15, 0.2) is 8.32 Å². The van der Waals surface area contributed by atoms with Gasteiger partial charge in [-0.1, -0.05) is 44.0 Å². The lowest BCUT2D eigenvalue weighted by Crippen LogP contribution is -2.43. The molecule has 0 bridgehead atoms. The summed E-state index contributed by atoms with van der Waals surface area (Å²) in [6.07, 6.45) is 2.75. The van der Waals surface area contributed by atoms with Crippen LogP contribution in [0.25, 0.3) is 0 Å². The highest BCUT2D eigenvalue weighted by atomic mass is 35.5. The fraction of sp³-hybridized carbons (Fsp3) is 0.722. The molecule has 1 aliphatic carbocycles. The Morgan fingerprint density at radius 3 is 2.19 bits per heavy atom. The molecule has 8 heteroatoms. The molecule has 1 aromatic rings. The second-order valence-corrected chi connectivity index (χ2v) is 12.7. The van der Waals surface area contributed by atoms with Crippen molar-refractivity contribution in [1.29, 1.82) is 0 Å². The summed E-state index contributed by atoms with van der Waals surface area (Å²) >= 11 is 12.7. The number of nitrogens with zero attached hydrogens (tertiary/aromatic N) is 1. The van der Waals surface area contributed by atoms with E-state index in [0.29, 0.717) is 23.1 Å². The van der Waals surface area contributed by atoms with Crippen LogP contribution < -0.4 is 5.32 Å². The molecule has 1 atom stereocenters. The molecule has 1 aromatic heterocycles. The maximum atomic E-state index is 13.0. The van der Waals surface area contributed by atoms with Gasteiger partial charge in [0.05, 0.1) is 16.1 Å².